The van der Waals surface area contributed by atoms with Gasteiger partial charge in [0, 0.05) is 38.2 Å². The first-order valence-corrected chi connectivity index (χ1v) is 8.75. The summed E-state index contributed by atoms with van der Waals surface area (Å²) in [5.41, 5.74) is 0.939. The summed E-state index contributed by atoms with van der Waals surface area (Å²) in [6.45, 7) is 8.06. The van der Waals surface area contributed by atoms with Gasteiger partial charge in [0.1, 0.15) is 5.76 Å². The molecule has 1 aliphatic carbocycles. The Morgan fingerprint density at radius 2 is 2.17 bits per heavy atom. The van der Waals surface area contributed by atoms with Crippen molar-refractivity contribution in [3.05, 3.63) is 23.2 Å². The summed E-state index contributed by atoms with van der Waals surface area (Å²) in [6.07, 6.45) is 3.37. The van der Waals surface area contributed by atoms with Crippen LogP contribution in [-0.4, -0.2) is 61.6 Å². The lowest BCUT2D eigenvalue weighted by molar-refractivity contribution is -0.0335. The van der Waals surface area contributed by atoms with Gasteiger partial charge in [0.15, 0.2) is 5.76 Å². The molecule has 0 aromatic carbocycles. The summed E-state index contributed by atoms with van der Waals surface area (Å²) < 4.78 is 11.6. The highest BCUT2D eigenvalue weighted by Crippen LogP contribution is 2.31. The Kier molecular flexibility index (Phi) is 5.07. The van der Waals surface area contributed by atoms with E-state index in [1.807, 2.05) is 24.8 Å². The zero-order valence-corrected chi connectivity index (χ0v) is 14.5. The van der Waals surface area contributed by atoms with Gasteiger partial charge >= 0.3 is 0 Å². The monoisotopic (exact) mass is 320 g/mol. The van der Waals surface area contributed by atoms with Crippen LogP contribution in [0, 0.1) is 12.8 Å². The molecule has 1 aromatic heterocycles. The number of furan rings is 1. The van der Waals surface area contributed by atoms with Gasteiger partial charge in [0.2, 0.25) is 0 Å². The third kappa shape index (κ3) is 4.15. The SMILES string of the molecule is CCc1cc(C)c(C(=O)N(CC2CC2)CC2CN(C)CCO2)o1. The van der Waals surface area contributed by atoms with Crippen LogP contribution in [0.5, 0.6) is 0 Å². The van der Waals surface area contributed by atoms with Crippen LogP contribution in [0.15, 0.2) is 10.5 Å². The molecule has 3 rings (SSSR count). The molecule has 1 saturated heterocycles. The second-order valence-corrected chi connectivity index (χ2v) is 6.99. The summed E-state index contributed by atoms with van der Waals surface area (Å²) in [4.78, 5) is 17.2. The molecule has 128 valence electrons. The highest BCUT2D eigenvalue weighted by Gasteiger charge is 2.32. The Bertz CT molecular complexity index is 550. The third-order valence-corrected chi connectivity index (χ3v) is 4.74. The zero-order valence-electron chi connectivity index (χ0n) is 14.5. The van der Waals surface area contributed by atoms with E-state index >= 15 is 0 Å². The first-order valence-electron chi connectivity index (χ1n) is 8.75. The molecule has 1 aliphatic heterocycles. The van der Waals surface area contributed by atoms with Crippen molar-refractivity contribution in [1.82, 2.24) is 9.80 Å². The Labute approximate surface area is 138 Å². The van der Waals surface area contributed by atoms with Gasteiger partial charge < -0.3 is 19.0 Å². The number of ether oxygens (including phenoxy) is 1. The van der Waals surface area contributed by atoms with Crippen molar-refractivity contribution < 1.29 is 13.9 Å². The summed E-state index contributed by atoms with van der Waals surface area (Å²) >= 11 is 0. The van der Waals surface area contributed by atoms with Crippen LogP contribution in [0.2, 0.25) is 0 Å². The van der Waals surface area contributed by atoms with Gasteiger partial charge in [0.05, 0.1) is 12.7 Å². The molecule has 1 amide bonds. The molecule has 0 spiro atoms. The molecule has 1 aromatic rings. The summed E-state index contributed by atoms with van der Waals surface area (Å²) in [7, 11) is 2.10. The molecule has 5 nitrogen and oxygen atoms in total. The van der Waals surface area contributed by atoms with E-state index < -0.39 is 0 Å². The van der Waals surface area contributed by atoms with Gasteiger partial charge in [-0.1, -0.05) is 6.92 Å². The van der Waals surface area contributed by atoms with Crippen molar-refractivity contribution in [2.45, 2.75) is 39.2 Å². The molecule has 0 radical (unpaired) electrons. The number of hydrogen-bond acceptors (Lipinski definition) is 4. The molecule has 0 N–H and O–H groups in total. The van der Waals surface area contributed by atoms with Crippen molar-refractivity contribution in [2.75, 3.05) is 39.8 Å². The third-order valence-electron chi connectivity index (χ3n) is 4.74. The second-order valence-electron chi connectivity index (χ2n) is 6.99. The number of aryl methyl sites for hydroxylation is 2. The van der Waals surface area contributed by atoms with Gasteiger partial charge in [-0.3, -0.25) is 4.79 Å². The first-order chi connectivity index (χ1) is 11.1. The van der Waals surface area contributed by atoms with Crippen LogP contribution in [0.1, 0.15) is 41.6 Å². The van der Waals surface area contributed by atoms with Crippen molar-refractivity contribution in [3.63, 3.8) is 0 Å². The Morgan fingerprint density at radius 1 is 1.39 bits per heavy atom. The Morgan fingerprint density at radius 3 is 2.78 bits per heavy atom. The van der Waals surface area contributed by atoms with Gasteiger partial charge in [-0.05, 0) is 38.8 Å². The van der Waals surface area contributed by atoms with Crippen LogP contribution in [0.4, 0.5) is 0 Å². The average molecular weight is 320 g/mol. The average Bonchev–Trinajstić information content (AvgIpc) is 3.26. The maximum atomic E-state index is 13.0. The zero-order chi connectivity index (χ0) is 16.4. The fourth-order valence-electron chi connectivity index (χ4n) is 3.15. The lowest BCUT2D eigenvalue weighted by atomic mass is 10.2. The van der Waals surface area contributed by atoms with Crippen LogP contribution in [0.25, 0.3) is 0 Å². The van der Waals surface area contributed by atoms with Crippen molar-refractivity contribution in [3.8, 4) is 0 Å². The van der Waals surface area contributed by atoms with E-state index in [-0.39, 0.29) is 12.0 Å². The number of morpholine rings is 1. The number of hydrogen-bond donors (Lipinski definition) is 0. The van der Waals surface area contributed by atoms with Crippen molar-refractivity contribution in [2.24, 2.45) is 5.92 Å². The molecule has 1 atom stereocenters. The number of likely N-dealkylation sites (N-methyl/N-ethyl adjacent to an activating group) is 1. The minimum Gasteiger partial charge on any atom is -0.456 e. The standard InChI is InChI=1S/C18H28N2O3/c1-4-15-9-13(2)17(23-15)18(21)20(10-14-5-6-14)12-16-11-19(3)7-8-22-16/h9,14,16H,4-8,10-12H2,1-3H3. The number of rotatable bonds is 6. The second kappa shape index (κ2) is 7.05. The Hall–Kier alpha value is -1.33. The molecule has 23 heavy (non-hydrogen) atoms. The van der Waals surface area contributed by atoms with Gasteiger partial charge in [-0.2, -0.15) is 0 Å². The predicted molar refractivity (Wildman–Crippen MR) is 88.7 cm³/mol. The topological polar surface area (TPSA) is 45.9 Å². The largest absolute Gasteiger partial charge is 0.456 e. The maximum absolute atomic E-state index is 13.0. The molecule has 2 heterocycles. The summed E-state index contributed by atoms with van der Waals surface area (Å²) in [5.74, 6) is 2.06. The van der Waals surface area contributed by atoms with E-state index in [2.05, 4.69) is 11.9 Å². The lowest BCUT2D eigenvalue weighted by Gasteiger charge is -2.33. The molecule has 5 heteroatoms. The molecular formula is C18H28N2O3. The van der Waals surface area contributed by atoms with Crippen molar-refractivity contribution >= 4 is 5.91 Å². The molecule has 2 aliphatic rings. The summed E-state index contributed by atoms with van der Waals surface area (Å²) in [5, 5.41) is 0. The predicted octanol–water partition coefficient (Wildman–Crippen LogP) is 2.33. The van der Waals surface area contributed by atoms with Crippen LogP contribution < -0.4 is 0 Å². The number of carbonyl (C=O) groups excluding carboxylic acids is 1. The number of carbonyl (C=O) groups is 1. The number of amides is 1. The van der Waals surface area contributed by atoms with Crippen LogP contribution in [-0.2, 0) is 11.2 Å². The highest BCUT2D eigenvalue weighted by molar-refractivity contribution is 5.93. The van der Waals surface area contributed by atoms with E-state index in [4.69, 9.17) is 9.15 Å². The minimum atomic E-state index is 0.0194. The van der Waals surface area contributed by atoms with E-state index in [1.165, 1.54) is 12.8 Å². The van der Waals surface area contributed by atoms with Crippen LogP contribution in [0.3, 0.4) is 0 Å². The lowest BCUT2D eigenvalue weighted by Crippen LogP contribution is -2.48. The van der Waals surface area contributed by atoms with E-state index in [0.717, 1.165) is 44.0 Å². The molecule has 1 saturated carbocycles. The van der Waals surface area contributed by atoms with E-state index in [0.29, 0.717) is 18.2 Å². The smallest absolute Gasteiger partial charge is 0.289 e. The van der Waals surface area contributed by atoms with Crippen molar-refractivity contribution in [1.29, 1.82) is 0 Å². The number of nitrogens with zero attached hydrogens (tertiary/aromatic N) is 2. The molecule has 0 bridgehead atoms. The fourth-order valence-corrected chi connectivity index (χ4v) is 3.15. The van der Waals surface area contributed by atoms with E-state index in [1.54, 1.807) is 0 Å². The van der Waals surface area contributed by atoms with Gasteiger partial charge in [-0.25, -0.2) is 0 Å². The molecular weight excluding hydrogens is 292 g/mol. The quantitative estimate of drug-likeness (QED) is 0.807. The Balaban J connectivity index is 1.71. The van der Waals surface area contributed by atoms with Gasteiger partial charge in [0.25, 0.3) is 5.91 Å². The highest BCUT2D eigenvalue weighted by atomic mass is 16.5. The minimum absolute atomic E-state index is 0.0194. The maximum Gasteiger partial charge on any atom is 0.289 e. The fraction of sp³-hybridized carbons (Fsp3) is 0.722. The summed E-state index contributed by atoms with van der Waals surface area (Å²) in [6, 6.07) is 1.98. The molecule has 1 unspecified atom stereocenters. The first kappa shape index (κ1) is 16.5. The van der Waals surface area contributed by atoms with E-state index in [9.17, 15) is 4.79 Å². The van der Waals surface area contributed by atoms with Crippen LogP contribution >= 0.6 is 0 Å². The normalized spacial score (nSPS) is 22.3. The van der Waals surface area contributed by atoms with Gasteiger partial charge in [-0.15, -0.1) is 0 Å². The molecule has 2 fully saturated rings.